The Balaban J connectivity index is 1.33. The fraction of sp³-hybridized carbons (Fsp3) is 0.0588. The first-order valence-corrected chi connectivity index (χ1v) is 10.3. The van der Waals surface area contributed by atoms with Gasteiger partial charge < -0.3 is 14.2 Å². The first kappa shape index (κ1) is 18.0. The minimum Gasteiger partial charge on any atom is -0.459 e. The lowest BCUT2D eigenvalue weighted by atomic mass is 10.2. The van der Waals surface area contributed by atoms with Crippen LogP contribution in [0.25, 0.3) is 22.9 Å². The summed E-state index contributed by atoms with van der Waals surface area (Å²) in [6, 6.07) is 11.3. The average molecular weight is 463 g/mol. The molecule has 1 amide bonds. The summed E-state index contributed by atoms with van der Waals surface area (Å²) < 4.78 is 11.6. The monoisotopic (exact) mass is 462 g/mol. The molecule has 0 bridgehead atoms. The van der Waals surface area contributed by atoms with Gasteiger partial charge in [0.1, 0.15) is 0 Å². The van der Waals surface area contributed by atoms with Gasteiger partial charge in [0, 0.05) is 15.4 Å². The van der Waals surface area contributed by atoms with Crippen LogP contribution in [0.3, 0.4) is 0 Å². The molecule has 0 spiro atoms. The van der Waals surface area contributed by atoms with Gasteiger partial charge >= 0.3 is 0 Å². The number of hydrogen-bond acceptors (Lipinski definition) is 8. The molecule has 136 valence electrons. The lowest BCUT2D eigenvalue weighted by molar-refractivity contribution is -0.113. The van der Waals surface area contributed by atoms with Crippen molar-refractivity contribution in [1.82, 2.24) is 15.2 Å². The number of aromatic nitrogens is 3. The molecule has 4 rings (SSSR count). The second-order valence-corrected chi connectivity index (χ2v) is 7.93. The van der Waals surface area contributed by atoms with E-state index in [0.717, 1.165) is 27.5 Å². The first-order chi connectivity index (χ1) is 13.2. The number of thiazole rings is 1. The summed E-state index contributed by atoms with van der Waals surface area (Å²) in [6.45, 7) is 0. The summed E-state index contributed by atoms with van der Waals surface area (Å²) in [5.41, 5.74) is 1.80. The number of furan rings is 1. The van der Waals surface area contributed by atoms with E-state index >= 15 is 0 Å². The van der Waals surface area contributed by atoms with Crippen LogP contribution < -0.4 is 5.32 Å². The van der Waals surface area contributed by atoms with E-state index in [0.29, 0.717) is 16.1 Å². The van der Waals surface area contributed by atoms with Gasteiger partial charge in [0.15, 0.2) is 10.9 Å². The van der Waals surface area contributed by atoms with Crippen molar-refractivity contribution in [3.05, 3.63) is 52.5 Å². The summed E-state index contributed by atoms with van der Waals surface area (Å²) in [6.07, 6.45) is 1.52. The van der Waals surface area contributed by atoms with Gasteiger partial charge in [-0.3, -0.25) is 4.79 Å². The molecule has 0 radical (unpaired) electrons. The number of anilines is 1. The molecule has 4 aromatic rings. The van der Waals surface area contributed by atoms with Gasteiger partial charge in [-0.25, -0.2) is 4.98 Å². The van der Waals surface area contributed by atoms with Crippen molar-refractivity contribution in [3.8, 4) is 22.9 Å². The predicted molar refractivity (Wildman–Crippen MR) is 107 cm³/mol. The van der Waals surface area contributed by atoms with Gasteiger partial charge in [0.05, 0.1) is 17.7 Å². The van der Waals surface area contributed by atoms with Crippen LogP contribution in [0.4, 0.5) is 5.13 Å². The van der Waals surface area contributed by atoms with E-state index in [4.69, 9.17) is 8.83 Å². The zero-order chi connectivity index (χ0) is 18.6. The molecule has 1 aromatic carbocycles. The summed E-state index contributed by atoms with van der Waals surface area (Å²) in [5, 5.41) is 13.3. The van der Waals surface area contributed by atoms with E-state index in [2.05, 4.69) is 36.4 Å². The van der Waals surface area contributed by atoms with Crippen LogP contribution in [0.1, 0.15) is 0 Å². The lowest BCUT2D eigenvalue weighted by Gasteiger charge is -1.99. The number of carbonyl (C=O) groups is 1. The third-order valence-electron chi connectivity index (χ3n) is 3.36. The summed E-state index contributed by atoms with van der Waals surface area (Å²) >= 11 is 5.93. The van der Waals surface area contributed by atoms with Crippen LogP contribution in [0, 0.1) is 0 Å². The highest BCUT2D eigenvalue weighted by atomic mass is 79.9. The maximum Gasteiger partial charge on any atom is 0.284 e. The predicted octanol–water partition coefficient (Wildman–Crippen LogP) is 4.95. The van der Waals surface area contributed by atoms with Gasteiger partial charge in [-0.1, -0.05) is 39.8 Å². The highest BCUT2D eigenvalue weighted by molar-refractivity contribution is 9.10. The van der Waals surface area contributed by atoms with Gasteiger partial charge in [0.25, 0.3) is 11.1 Å². The first-order valence-electron chi connectivity index (χ1n) is 7.69. The maximum absolute atomic E-state index is 12.1. The highest BCUT2D eigenvalue weighted by Gasteiger charge is 2.14. The Kier molecular flexibility index (Phi) is 5.37. The normalized spacial score (nSPS) is 10.9. The average Bonchev–Trinajstić information content (AvgIpc) is 3.42. The Morgan fingerprint density at radius 3 is 2.85 bits per heavy atom. The van der Waals surface area contributed by atoms with Crippen LogP contribution >= 0.6 is 39.0 Å². The van der Waals surface area contributed by atoms with Crippen molar-refractivity contribution >= 4 is 50.1 Å². The standard InChI is InChI=1S/C17H11BrN4O3S2/c18-11-5-3-10(4-6-11)12-8-26-16(19-12)20-14(23)9-27-17-22-21-15(25-17)13-2-1-7-24-13/h1-8H,9H2,(H,19,20,23). The highest BCUT2D eigenvalue weighted by Crippen LogP contribution is 2.27. The van der Waals surface area contributed by atoms with Gasteiger partial charge in [-0.05, 0) is 24.3 Å². The molecule has 1 N–H and O–H groups in total. The van der Waals surface area contributed by atoms with Crippen LogP contribution in [-0.2, 0) is 4.79 Å². The molecule has 0 saturated heterocycles. The van der Waals surface area contributed by atoms with Crippen LogP contribution in [0.2, 0.25) is 0 Å². The van der Waals surface area contributed by atoms with Gasteiger partial charge in [-0.2, -0.15) is 0 Å². The zero-order valence-corrected chi connectivity index (χ0v) is 16.8. The van der Waals surface area contributed by atoms with Crippen LogP contribution in [0.5, 0.6) is 0 Å². The molecule has 0 aliphatic carbocycles. The zero-order valence-electron chi connectivity index (χ0n) is 13.6. The molecular formula is C17H11BrN4O3S2. The fourth-order valence-electron chi connectivity index (χ4n) is 2.13. The van der Waals surface area contributed by atoms with Crippen molar-refractivity contribution in [2.45, 2.75) is 5.22 Å². The molecule has 0 aliphatic rings. The van der Waals surface area contributed by atoms with Crippen molar-refractivity contribution in [2.75, 3.05) is 11.1 Å². The molecule has 3 aromatic heterocycles. The van der Waals surface area contributed by atoms with Crippen LogP contribution in [-0.4, -0.2) is 26.8 Å². The number of rotatable bonds is 6. The van der Waals surface area contributed by atoms with Gasteiger partial charge in [0.2, 0.25) is 5.91 Å². The minimum atomic E-state index is -0.200. The van der Waals surface area contributed by atoms with E-state index in [1.807, 2.05) is 29.6 Å². The number of hydrogen-bond donors (Lipinski definition) is 1. The second-order valence-electron chi connectivity index (χ2n) is 5.23. The quantitative estimate of drug-likeness (QED) is 0.405. The topological polar surface area (TPSA) is 94.0 Å². The number of nitrogens with one attached hydrogen (secondary N) is 1. The van der Waals surface area contributed by atoms with Crippen molar-refractivity contribution in [3.63, 3.8) is 0 Å². The summed E-state index contributed by atoms with van der Waals surface area (Å²) in [7, 11) is 0. The van der Waals surface area contributed by atoms with E-state index in [1.165, 1.54) is 17.6 Å². The SMILES string of the molecule is O=C(CSc1nnc(-c2ccco2)o1)Nc1nc(-c2ccc(Br)cc2)cs1. The Labute approximate surface area is 170 Å². The third kappa shape index (κ3) is 4.46. The van der Waals surface area contributed by atoms with Crippen molar-refractivity contribution in [1.29, 1.82) is 0 Å². The Morgan fingerprint density at radius 2 is 2.07 bits per heavy atom. The molecule has 7 nitrogen and oxygen atoms in total. The Morgan fingerprint density at radius 1 is 1.22 bits per heavy atom. The van der Waals surface area contributed by atoms with E-state index in [1.54, 1.807) is 12.1 Å². The van der Waals surface area contributed by atoms with E-state index < -0.39 is 0 Å². The number of halogens is 1. The van der Waals surface area contributed by atoms with Crippen molar-refractivity contribution < 1.29 is 13.6 Å². The molecule has 27 heavy (non-hydrogen) atoms. The summed E-state index contributed by atoms with van der Waals surface area (Å²) in [5.74, 6) is 0.700. The molecule has 0 atom stereocenters. The second kappa shape index (κ2) is 8.07. The fourth-order valence-corrected chi connectivity index (χ4v) is 3.70. The molecule has 10 heteroatoms. The number of thioether (sulfide) groups is 1. The molecule has 0 fully saturated rings. The maximum atomic E-state index is 12.1. The molecular weight excluding hydrogens is 452 g/mol. The Hall–Kier alpha value is -2.43. The number of amides is 1. The molecule has 0 aliphatic heterocycles. The van der Waals surface area contributed by atoms with E-state index in [-0.39, 0.29) is 17.6 Å². The van der Waals surface area contributed by atoms with E-state index in [9.17, 15) is 4.79 Å². The number of nitrogens with zero attached hydrogens (tertiary/aromatic N) is 3. The molecule has 0 unspecified atom stereocenters. The minimum absolute atomic E-state index is 0.132. The largest absolute Gasteiger partial charge is 0.459 e. The lowest BCUT2D eigenvalue weighted by Crippen LogP contribution is -2.13. The third-order valence-corrected chi connectivity index (χ3v) is 5.46. The van der Waals surface area contributed by atoms with Crippen LogP contribution in [0.15, 0.2) is 66.6 Å². The number of carbonyl (C=O) groups excluding carboxylic acids is 1. The summed E-state index contributed by atoms with van der Waals surface area (Å²) in [4.78, 5) is 16.6. The number of benzene rings is 1. The molecule has 3 heterocycles. The Bertz CT molecular complexity index is 1040. The van der Waals surface area contributed by atoms with Gasteiger partial charge in [-0.15, -0.1) is 21.5 Å². The van der Waals surface area contributed by atoms with Crippen molar-refractivity contribution in [2.24, 2.45) is 0 Å². The smallest absolute Gasteiger partial charge is 0.284 e. The molecule has 0 saturated carbocycles.